The van der Waals surface area contributed by atoms with Crippen molar-refractivity contribution in [2.75, 3.05) is 6.54 Å². The summed E-state index contributed by atoms with van der Waals surface area (Å²) in [4.78, 5) is 4.43. The minimum absolute atomic E-state index is 0.281. The molecule has 0 bridgehead atoms. The van der Waals surface area contributed by atoms with Gasteiger partial charge in [-0.05, 0) is 31.5 Å². The van der Waals surface area contributed by atoms with Crippen LogP contribution in [0.25, 0.3) is 0 Å². The summed E-state index contributed by atoms with van der Waals surface area (Å²) in [6.45, 7) is 5.76. The quantitative estimate of drug-likeness (QED) is 0.917. The van der Waals surface area contributed by atoms with Crippen molar-refractivity contribution >= 4 is 10.0 Å². The van der Waals surface area contributed by atoms with Crippen LogP contribution in [-0.2, 0) is 16.4 Å². The molecule has 0 aliphatic rings. The van der Waals surface area contributed by atoms with Gasteiger partial charge in [-0.25, -0.2) is 18.1 Å². The van der Waals surface area contributed by atoms with Gasteiger partial charge in [-0.1, -0.05) is 12.1 Å². The van der Waals surface area contributed by atoms with Gasteiger partial charge in [-0.2, -0.15) is 0 Å². The smallest absolute Gasteiger partial charge is 0.240 e. The second-order valence-corrected chi connectivity index (χ2v) is 6.47. The Morgan fingerprint density at radius 2 is 2.00 bits per heavy atom. The Kier molecular flexibility index (Phi) is 4.25. The summed E-state index contributed by atoms with van der Waals surface area (Å²) in [6.07, 6.45) is 0.484. The Morgan fingerprint density at radius 3 is 2.60 bits per heavy atom. The molecular formula is C14H18N2O3S. The maximum atomic E-state index is 12.1. The monoisotopic (exact) mass is 294 g/mol. The van der Waals surface area contributed by atoms with Gasteiger partial charge in [0, 0.05) is 19.9 Å². The molecule has 0 spiro atoms. The number of hydrogen-bond acceptors (Lipinski definition) is 4. The molecule has 0 radical (unpaired) electrons. The molecule has 0 atom stereocenters. The van der Waals surface area contributed by atoms with Crippen molar-refractivity contribution in [3.8, 4) is 0 Å². The standard InChI is InChI=1S/C14H18N2O3S/c1-10-5-4-6-13(9-10)20(17,18)15-8-7-14-11(2)16-12(3)19-14/h4-6,9,15H,7-8H2,1-3H3. The van der Waals surface area contributed by atoms with E-state index in [1.807, 2.05) is 19.9 Å². The van der Waals surface area contributed by atoms with Gasteiger partial charge in [0.2, 0.25) is 10.0 Å². The highest BCUT2D eigenvalue weighted by atomic mass is 32.2. The second kappa shape index (κ2) is 5.76. The van der Waals surface area contributed by atoms with Gasteiger partial charge in [0.1, 0.15) is 5.76 Å². The molecule has 1 N–H and O–H groups in total. The van der Waals surface area contributed by atoms with Crippen LogP contribution in [-0.4, -0.2) is 19.9 Å². The third kappa shape index (κ3) is 3.46. The average Bonchev–Trinajstić information content (AvgIpc) is 2.68. The van der Waals surface area contributed by atoms with Crippen LogP contribution in [0.4, 0.5) is 0 Å². The van der Waals surface area contributed by atoms with Crippen molar-refractivity contribution in [1.29, 1.82) is 0 Å². The van der Waals surface area contributed by atoms with E-state index in [2.05, 4.69) is 9.71 Å². The first-order valence-electron chi connectivity index (χ1n) is 6.38. The molecule has 0 saturated carbocycles. The number of rotatable bonds is 5. The highest BCUT2D eigenvalue weighted by Gasteiger charge is 2.14. The lowest BCUT2D eigenvalue weighted by Crippen LogP contribution is -2.26. The number of nitrogens with zero attached hydrogens (tertiary/aromatic N) is 1. The number of oxazole rings is 1. The summed E-state index contributed by atoms with van der Waals surface area (Å²) in [6, 6.07) is 6.82. The van der Waals surface area contributed by atoms with E-state index in [-0.39, 0.29) is 11.4 Å². The molecule has 0 aliphatic carbocycles. The Hall–Kier alpha value is -1.66. The largest absolute Gasteiger partial charge is 0.446 e. The van der Waals surface area contributed by atoms with E-state index in [4.69, 9.17) is 4.42 Å². The summed E-state index contributed by atoms with van der Waals surface area (Å²) in [7, 11) is -3.47. The SMILES string of the molecule is Cc1cccc(S(=O)(=O)NCCc2oc(C)nc2C)c1. The molecule has 1 aromatic heterocycles. The number of sulfonamides is 1. The van der Waals surface area contributed by atoms with E-state index in [1.54, 1.807) is 25.1 Å². The van der Waals surface area contributed by atoms with Crippen molar-refractivity contribution in [1.82, 2.24) is 9.71 Å². The zero-order valence-corrected chi connectivity index (χ0v) is 12.6. The zero-order valence-electron chi connectivity index (χ0n) is 11.8. The topological polar surface area (TPSA) is 72.2 Å². The summed E-state index contributed by atoms with van der Waals surface area (Å²) >= 11 is 0. The normalized spacial score (nSPS) is 11.8. The van der Waals surface area contributed by atoms with Gasteiger partial charge >= 0.3 is 0 Å². The minimum atomic E-state index is -3.47. The first kappa shape index (κ1) is 14.7. The van der Waals surface area contributed by atoms with Crippen LogP contribution in [0.1, 0.15) is 22.9 Å². The molecule has 1 aromatic carbocycles. The molecule has 2 aromatic rings. The minimum Gasteiger partial charge on any atom is -0.446 e. The lowest BCUT2D eigenvalue weighted by Gasteiger charge is -2.06. The van der Waals surface area contributed by atoms with E-state index < -0.39 is 10.0 Å². The molecule has 5 nitrogen and oxygen atoms in total. The predicted molar refractivity (Wildman–Crippen MR) is 76.0 cm³/mol. The van der Waals surface area contributed by atoms with Crippen molar-refractivity contribution in [2.45, 2.75) is 32.1 Å². The average molecular weight is 294 g/mol. The second-order valence-electron chi connectivity index (χ2n) is 4.71. The van der Waals surface area contributed by atoms with Crippen molar-refractivity contribution < 1.29 is 12.8 Å². The van der Waals surface area contributed by atoms with Crippen LogP contribution in [0.3, 0.4) is 0 Å². The molecule has 6 heteroatoms. The predicted octanol–water partition coefficient (Wildman–Crippen LogP) is 2.12. The van der Waals surface area contributed by atoms with Crippen LogP contribution in [0.15, 0.2) is 33.6 Å². The number of aryl methyl sites for hydroxylation is 3. The Bertz CT molecular complexity index is 705. The summed E-state index contributed by atoms with van der Waals surface area (Å²) in [5.41, 5.74) is 1.71. The van der Waals surface area contributed by atoms with E-state index in [0.717, 1.165) is 17.0 Å². The zero-order chi connectivity index (χ0) is 14.8. The first-order valence-corrected chi connectivity index (χ1v) is 7.86. The molecule has 0 amide bonds. The maximum absolute atomic E-state index is 12.1. The van der Waals surface area contributed by atoms with Crippen LogP contribution >= 0.6 is 0 Å². The summed E-state index contributed by atoms with van der Waals surface area (Å²) < 4.78 is 32.2. The summed E-state index contributed by atoms with van der Waals surface area (Å²) in [5.74, 6) is 1.31. The molecule has 2 rings (SSSR count). The van der Waals surface area contributed by atoms with Crippen LogP contribution in [0.2, 0.25) is 0 Å². The van der Waals surface area contributed by atoms with Gasteiger partial charge in [-0.3, -0.25) is 0 Å². The van der Waals surface area contributed by atoms with Crippen molar-refractivity contribution in [3.63, 3.8) is 0 Å². The number of hydrogen-bond donors (Lipinski definition) is 1. The van der Waals surface area contributed by atoms with E-state index in [1.165, 1.54) is 0 Å². The molecule has 108 valence electrons. The molecule has 0 saturated heterocycles. The van der Waals surface area contributed by atoms with Crippen LogP contribution in [0, 0.1) is 20.8 Å². The highest BCUT2D eigenvalue weighted by Crippen LogP contribution is 2.12. The molecule has 1 heterocycles. The van der Waals surface area contributed by atoms with Crippen molar-refractivity contribution in [3.05, 3.63) is 47.2 Å². The van der Waals surface area contributed by atoms with E-state index in [0.29, 0.717) is 12.3 Å². The van der Waals surface area contributed by atoms with E-state index >= 15 is 0 Å². The summed E-state index contributed by atoms with van der Waals surface area (Å²) in [5, 5.41) is 0. The first-order chi connectivity index (χ1) is 9.38. The molecular weight excluding hydrogens is 276 g/mol. The highest BCUT2D eigenvalue weighted by molar-refractivity contribution is 7.89. The number of nitrogens with one attached hydrogen (secondary N) is 1. The van der Waals surface area contributed by atoms with Crippen molar-refractivity contribution in [2.24, 2.45) is 0 Å². The van der Waals surface area contributed by atoms with Gasteiger partial charge in [0.25, 0.3) is 0 Å². The van der Waals surface area contributed by atoms with E-state index in [9.17, 15) is 8.42 Å². The Morgan fingerprint density at radius 1 is 1.25 bits per heavy atom. The van der Waals surface area contributed by atoms with Gasteiger partial charge in [0.15, 0.2) is 5.89 Å². The molecule has 0 fully saturated rings. The maximum Gasteiger partial charge on any atom is 0.240 e. The van der Waals surface area contributed by atoms with Gasteiger partial charge in [0.05, 0.1) is 10.6 Å². The molecule has 20 heavy (non-hydrogen) atoms. The van der Waals surface area contributed by atoms with Gasteiger partial charge < -0.3 is 4.42 Å². The third-order valence-electron chi connectivity index (χ3n) is 2.94. The van der Waals surface area contributed by atoms with Crippen LogP contribution < -0.4 is 4.72 Å². The number of aromatic nitrogens is 1. The molecule has 0 aliphatic heterocycles. The third-order valence-corrected chi connectivity index (χ3v) is 4.40. The Labute approximate surface area is 119 Å². The fraction of sp³-hybridized carbons (Fsp3) is 0.357. The lowest BCUT2D eigenvalue weighted by atomic mass is 10.2. The fourth-order valence-electron chi connectivity index (χ4n) is 1.97. The lowest BCUT2D eigenvalue weighted by molar-refractivity contribution is 0.472. The molecule has 0 unspecified atom stereocenters. The van der Waals surface area contributed by atoms with Gasteiger partial charge in [-0.15, -0.1) is 0 Å². The number of benzene rings is 1. The Balaban J connectivity index is 2.01. The van der Waals surface area contributed by atoms with Crippen LogP contribution in [0.5, 0.6) is 0 Å². The fourth-order valence-corrected chi connectivity index (χ4v) is 3.11.